The van der Waals surface area contributed by atoms with Crippen molar-refractivity contribution in [3.05, 3.63) is 94.8 Å². The third-order valence-corrected chi connectivity index (χ3v) is 6.19. The molecule has 0 aliphatic rings. The molecule has 0 radical (unpaired) electrons. The minimum atomic E-state index is -2.54. The molecule has 1 atom stereocenters. The molecule has 3 heteroatoms. The highest BCUT2D eigenvalue weighted by Crippen LogP contribution is 2.44. The average molecular weight is 441 g/mol. The van der Waals surface area contributed by atoms with Crippen LogP contribution in [0.2, 0.25) is 0 Å². The van der Waals surface area contributed by atoms with Crippen molar-refractivity contribution < 1.29 is 21.3 Å². The minimum Gasteiger partial charge on any atom is -0.456 e. The molecule has 3 nitrogen and oxygen atoms in total. The smallest absolute Gasteiger partial charge is 0.216 e. The summed E-state index contributed by atoms with van der Waals surface area (Å²) >= 11 is 0. The van der Waals surface area contributed by atoms with Crippen LogP contribution in [0.3, 0.4) is 0 Å². The molecular formula is C30H27N2O+. The van der Waals surface area contributed by atoms with Crippen LogP contribution < -0.4 is 4.57 Å². The normalized spacial score (nSPS) is 17.5. The van der Waals surface area contributed by atoms with Gasteiger partial charge in [0.1, 0.15) is 18.2 Å². The first-order valence-corrected chi connectivity index (χ1v) is 10.5. The molecule has 5 aromatic rings. The van der Waals surface area contributed by atoms with E-state index in [2.05, 4.69) is 4.85 Å². The number of nitrogens with zero attached hydrogens (tertiary/aromatic N) is 2. The Kier molecular flexibility index (Phi) is 3.10. The fraction of sp³-hybridized carbons (Fsp3) is 0.200. The summed E-state index contributed by atoms with van der Waals surface area (Å²) in [5, 5.41) is 1.31. The number of furan rings is 1. The summed E-state index contributed by atoms with van der Waals surface area (Å²) in [7, 11) is 1.79. The van der Waals surface area contributed by atoms with Crippen molar-refractivity contribution in [2.45, 2.75) is 33.5 Å². The number of benzene rings is 3. The van der Waals surface area contributed by atoms with Gasteiger partial charge in [-0.2, -0.15) is 4.57 Å². The van der Waals surface area contributed by atoms with E-state index in [-0.39, 0.29) is 22.4 Å². The summed E-state index contributed by atoms with van der Waals surface area (Å²) in [5.41, 5.74) is 4.02. The van der Waals surface area contributed by atoms with Crippen molar-refractivity contribution in [2.75, 3.05) is 0 Å². The lowest BCUT2D eigenvalue weighted by atomic mass is 9.96. The molecule has 3 aromatic carbocycles. The lowest BCUT2D eigenvalue weighted by Crippen LogP contribution is -2.36. The molecule has 0 fully saturated rings. The fourth-order valence-electron chi connectivity index (χ4n) is 4.42. The maximum absolute atomic E-state index is 8.61. The molecule has 0 N–H and O–H groups in total. The summed E-state index contributed by atoms with van der Waals surface area (Å²) in [5.74, 6) is -1.83. The molecule has 162 valence electrons. The Morgan fingerprint density at radius 3 is 2.39 bits per heavy atom. The summed E-state index contributed by atoms with van der Waals surface area (Å²) in [6.07, 6.45) is 0. The summed E-state index contributed by atoms with van der Waals surface area (Å²) in [6, 6.07) is 8.09. The zero-order valence-electron chi connectivity index (χ0n) is 27.8. The second-order valence-corrected chi connectivity index (χ2v) is 8.09. The summed E-state index contributed by atoms with van der Waals surface area (Å²) in [6.45, 7) is 10.3. The van der Waals surface area contributed by atoms with Gasteiger partial charge in [-0.25, -0.2) is 4.85 Å². The standard InChI is InChI=1S/C30H27N2O/c1-18(2)22-15-17-26(32(6)20(22)4)27-19(3)12-13-23-24-14-16-25(31-5)28(30(24)33-29(23)27)21-10-8-7-9-11-21/h7-18H,1-4,6H3/q+1/i1D3,7D,8D,9D,10D,11D,18D. The second-order valence-electron chi connectivity index (χ2n) is 8.09. The predicted molar refractivity (Wildman–Crippen MR) is 136 cm³/mol. The summed E-state index contributed by atoms with van der Waals surface area (Å²) in [4.78, 5) is 3.59. The van der Waals surface area contributed by atoms with E-state index in [1.54, 1.807) is 38.2 Å². The molecule has 33 heavy (non-hydrogen) atoms. The number of hydrogen-bond donors (Lipinski definition) is 0. The SMILES string of the molecule is [2H]c1c([2H])c([2H])c(-c2c([N+]#[C-])ccc3c2oc2c(-c4ccc(C([2H])(C)C([2H])([2H])[2H])c(C)[n+]4C)c(C)ccc23)c([2H])c1[2H]. The molecule has 2 aromatic heterocycles. The fourth-order valence-corrected chi connectivity index (χ4v) is 4.42. The van der Waals surface area contributed by atoms with Gasteiger partial charge in [0, 0.05) is 40.4 Å². The van der Waals surface area contributed by atoms with E-state index < -0.39 is 43.0 Å². The Labute approximate surface area is 207 Å². The quantitative estimate of drug-likeness (QED) is 0.205. The van der Waals surface area contributed by atoms with Gasteiger partial charge in [0.15, 0.2) is 11.4 Å². The topological polar surface area (TPSA) is 21.4 Å². The first kappa shape index (κ1) is 13.0. The number of pyridine rings is 1. The van der Waals surface area contributed by atoms with Crippen LogP contribution in [0.4, 0.5) is 5.69 Å². The molecular weight excluding hydrogens is 404 g/mol. The minimum absolute atomic E-state index is 0.0866. The molecule has 0 amide bonds. The van der Waals surface area contributed by atoms with Crippen molar-refractivity contribution in [2.24, 2.45) is 7.05 Å². The monoisotopic (exact) mass is 440 g/mol. The number of fused-ring (bicyclic) bond motifs is 3. The molecule has 0 saturated heterocycles. The molecule has 0 aliphatic heterocycles. The molecule has 0 spiro atoms. The van der Waals surface area contributed by atoms with Gasteiger partial charge in [0.05, 0.1) is 19.0 Å². The van der Waals surface area contributed by atoms with Crippen LogP contribution in [-0.4, -0.2) is 0 Å². The lowest BCUT2D eigenvalue weighted by Gasteiger charge is -2.11. The Bertz CT molecular complexity index is 1970. The average Bonchev–Trinajstić information content (AvgIpc) is 3.30. The van der Waals surface area contributed by atoms with Crippen LogP contribution in [0.15, 0.2) is 71.0 Å². The van der Waals surface area contributed by atoms with Crippen LogP contribution in [0.5, 0.6) is 0 Å². The van der Waals surface area contributed by atoms with Crippen LogP contribution in [-0.2, 0) is 7.05 Å². The first-order valence-electron chi connectivity index (χ1n) is 15.0. The van der Waals surface area contributed by atoms with Gasteiger partial charge in [0.2, 0.25) is 5.69 Å². The van der Waals surface area contributed by atoms with Gasteiger partial charge >= 0.3 is 0 Å². The molecule has 2 heterocycles. The second kappa shape index (κ2) is 7.90. The van der Waals surface area contributed by atoms with E-state index in [0.717, 1.165) is 5.56 Å². The highest BCUT2D eigenvalue weighted by Gasteiger charge is 2.25. The van der Waals surface area contributed by atoms with E-state index in [1.807, 2.05) is 23.6 Å². The highest BCUT2D eigenvalue weighted by molar-refractivity contribution is 6.15. The Morgan fingerprint density at radius 2 is 1.70 bits per heavy atom. The zero-order chi connectivity index (χ0) is 31.0. The van der Waals surface area contributed by atoms with E-state index in [9.17, 15) is 0 Å². The highest BCUT2D eigenvalue weighted by atomic mass is 16.3. The Hall–Kier alpha value is -3.90. The maximum atomic E-state index is 8.61. The largest absolute Gasteiger partial charge is 0.456 e. The van der Waals surface area contributed by atoms with Gasteiger partial charge in [-0.15, -0.1) is 0 Å². The number of aryl methyl sites for hydroxylation is 1. The van der Waals surface area contributed by atoms with Crippen LogP contribution in [0, 0.1) is 20.4 Å². The van der Waals surface area contributed by atoms with Gasteiger partial charge in [-0.3, -0.25) is 0 Å². The van der Waals surface area contributed by atoms with Crippen molar-refractivity contribution in [3.63, 3.8) is 0 Å². The van der Waals surface area contributed by atoms with E-state index in [4.69, 9.17) is 23.3 Å². The Balaban J connectivity index is 1.88. The number of aromatic nitrogens is 1. The maximum Gasteiger partial charge on any atom is 0.216 e. The molecule has 0 aliphatic carbocycles. The lowest BCUT2D eigenvalue weighted by molar-refractivity contribution is -0.667. The van der Waals surface area contributed by atoms with Gasteiger partial charge in [-0.05, 0) is 30.0 Å². The predicted octanol–water partition coefficient (Wildman–Crippen LogP) is 8.04. The van der Waals surface area contributed by atoms with Crippen LogP contribution in [0.25, 0.3) is 49.2 Å². The summed E-state index contributed by atoms with van der Waals surface area (Å²) < 4.78 is 82.1. The van der Waals surface area contributed by atoms with Gasteiger partial charge in [0.25, 0.3) is 0 Å². The third kappa shape index (κ3) is 3.22. The first-order chi connectivity index (χ1) is 19.5. The van der Waals surface area contributed by atoms with Gasteiger partial charge in [-0.1, -0.05) is 68.3 Å². The third-order valence-electron chi connectivity index (χ3n) is 6.19. The van der Waals surface area contributed by atoms with E-state index in [0.29, 0.717) is 38.9 Å². The molecule has 1 unspecified atom stereocenters. The molecule has 0 bridgehead atoms. The van der Waals surface area contributed by atoms with Crippen LogP contribution >= 0.6 is 0 Å². The van der Waals surface area contributed by atoms with Crippen molar-refractivity contribution in [1.29, 1.82) is 0 Å². The van der Waals surface area contributed by atoms with E-state index in [1.165, 1.54) is 6.92 Å². The number of hydrogen-bond acceptors (Lipinski definition) is 1. The Morgan fingerprint density at radius 1 is 1.00 bits per heavy atom. The number of rotatable bonds is 3. The van der Waals surface area contributed by atoms with Crippen LogP contribution in [0.1, 0.15) is 48.8 Å². The van der Waals surface area contributed by atoms with Crippen molar-refractivity contribution in [3.8, 4) is 22.4 Å². The molecule has 0 saturated carbocycles. The van der Waals surface area contributed by atoms with Crippen molar-refractivity contribution >= 4 is 27.6 Å². The van der Waals surface area contributed by atoms with Gasteiger partial charge < -0.3 is 4.42 Å². The van der Waals surface area contributed by atoms with E-state index >= 15 is 0 Å². The molecule has 5 rings (SSSR count). The zero-order valence-corrected chi connectivity index (χ0v) is 18.8. The van der Waals surface area contributed by atoms with Crippen molar-refractivity contribution in [1.82, 2.24) is 0 Å².